The Bertz CT molecular complexity index is 228. The molecule has 3 heteroatoms. The van der Waals surface area contributed by atoms with E-state index in [1.54, 1.807) is 7.11 Å². The average molecular weight is 242 g/mol. The van der Waals surface area contributed by atoms with E-state index in [0.717, 1.165) is 19.6 Å². The van der Waals surface area contributed by atoms with Gasteiger partial charge < -0.3 is 10.5 Å². The zero-order chi connectivity index (χ0) is 12.9. The van der Waals surface area contributed by atoms with Gasteiger partial charge in [-0.05, 0) is 44.6 Å². The fourth-order valence-corrected chi connectivity index (χ4v) is 2.93. The molecule has 1 saturated heterocycles. The maximum absolute atomic E-state index is 6.00. The molecule has 102 valence electrons. The van der Waals surface area contributed by atoms with Gasteiger partial charge in [0.2, 0.25) is 0 Å². The molecular formula is C14H30N2O. The highest BCUT2D eigenvalue weighted by molar-refractivity contribution is 4.97. The highest BCUT2D eigenvalue weighted by Crippen LogP contribution is 2.40. The third-order valence-corrected chi connectivity index (χ3v) is 4.99. The molecule has 0 radical (unpaired) electrons. The first kappa shape index (κ1) is 14.9. The van der Waals surface area contributed by atoms with E-state index in [0.29, 0.717) is 5.41 Å². The predicted molar refractivity (Wildman–Crippen MR) is 73.2 cm³/mol. The van der Waals surface area contributed by atoms with E-state index >= 15 is 0 Å². The molecule has 0 amide bonds. The second-order valence-corrected chi connectivity index (χ2v) is 5.82. The Balaban J connectivity index is 2.66. The Morgan fingerprint density at radius 1 is 1.35 bits per heavy atom. The lowest BCUT2D eigenvalue weighted by Gasteiger charge is -2.39. The van der Waals surface area contributed by atoms with Crippen LogP contribution in [0, 0.1) is 5.41 Å². The molecular weight excluding hydrogens is 212 g/mol. The first-order valence-electron chi connectivity index (χ1n) is 7.00. The minimum atomic E-state index is 0.113. The molecule has 17 heavy (non-hydrogen) atoms. The molecule has 1 unspecified atom stereocenters. The lowest BCUT2D eigenvalue weighted by Crippen LogP contribution is -2.51. The van der Waals surface area contributed by atoms with E-state index in [4.69, 9.17) is 10.5 Å². The van der Waals surface area contributed by atoms with Crippen LogP contribution in [0.15, 0.2) is 0 Å². The molecule has 1 heterocycles. The van der Waals surface area contributed by atoms with E-state index in [-0.39, 0.29) is 5.54 Å². The molecule has 1 atom stereocenters. The van der Waals surface area contributed by atoms with Gasteiger partial charge in [0.25, 0.3) is 0 Å². The molecule has 1 aliphatic heterocycles. The molecule has 0 aromatic heterocycles. The van der Waals surface area contributed by atoms with Gasteiger partial charge in [-0.25, -0.2) is 0 Å². The summed E-state index contributed by atoms with van der Waals surface area (Å²) in [6.07, 6.45) is 4.92. The number of likely N-dealkylation sites (tertiary alicyclic amines) is 1. The standard InChI is InChI=1S/C14H30N2O/c1-5-14(6-2)7-9-16(12-14)13(3,11-15)8-10-17-4/h5-12,15H2,1-4H3. The fourth-order valence-electron chi connectivity index (χ4n) is 2.93. The second kappa shape index (κ2) is 6.17. The van der Waals surface area contributed by atoms with Crippen LogP contribution in [0.2, 0.25) is 0 Å². The average Bonchev–Trinajstić information content (AvgIpc) is 2.81. The summed E-state index contributed by atoms with van der Waals surface area (Å²) in [5.74, 6) is 0. The number of hydrogen-bond acceptors (Lipinski definition) is 3. The summed E-state index contributed by atoms with van der Waals surface area (Å²) in [6, 6.07) is 0. The van der Waals surface area contributed by atoms with Crippen LogP contribution in [0.25, 0.3) is 0 Å². The Morgan fingerprint density at radius 2 is 2.00 bits per heavy atom. The van der Waals surface area contributed by atoms with Gasteiger partial charge in [-0.15, -0.1) is 0 Å². The SMILES string of the molecule is CCC1(CC)CCN(C(C)(CN)CCOC)C1. The van der Waals surface area contributed by atoms with E-state index in [1.165, 1.54) is 32.4 Å². The molecule has 2 N–H and O–H groups in total. The quantitative estimate of drug-likeness (QED) is 0.744. The van der Waals surface area contributed by atoms with Crippen LogP contribution < -0.4 is 5.73 Å². The van der Waals surface area contributed by atoms with Gasteiger partial charge in [-0.3, -0.25) is 4.90 Å². The van der Waals surface area contributed by atoms with Gasteiger partial charge >= 0.3 is 0 Å². The minimum Gasteiger partial charge on any atom is -0.385 e. The maximum atomic E-state index is 6.00. The van der Waals surface area contributed by atoms with Crippen LogP contribution in [-0.2, 0) is 4.74 Å². The molecule has 0 aromatic carbocycles. The largest absolute Gasteiger partial charge is 0.385 e. The molecule has 1 fully saturated rings. The summed E-state index contributed by atoms with van der Waals surface area (Å²) in [6.45, 7) is 10.9. The van der Waals surface area contributed by atoms with Gasteiger partial charge in [0.1, 0.15) is 0 Å². The first-order chi connectivity index (χ1) is 8.05. The molecule has 1 rings (SSSR count). The first-order valence-corrected chi connectivity index (χ1v) is 7.00. The zero-order valence-corrected chi connectivity index (χ0v) is 12.1. The van der Waals surface area contributed by atoms with Crippen molar-refractivity contribution < 1.29 is 4.74 Å². The summed E-state index contributed by atoms with van der Waals surface area (Å²) in [5.41, 5.74) is 6.65. The Hall–Kier alpha value is -0.120. The monoisotopic (exact) mass is 242 g/mol. The Kier molecular flexibility index (Phi) is 5.42. The molecule has 0 bridgehead atoms. The molecule has 3 nitrogen and oxygen atoms in total. The van der Waals surface area contributed by atoms with Crippen molar-refractivity contribution in [2.45, 2.75) is 52.0 Å². The van der Waals surface area contributed by atoms with Crippen molar-refractivity contribution >= 4 is 0 Å². The van der Waals surface area contributed by atoms with Gasteiger partial charge in [-0.2, -0.15) is 0 Å². The van der Waals surface area contributed by atoms with Gasteiger partial charge in [0, 0.05) is 32.3 Å². The number of rotatable bonds is 7. The van der Waals surface area contributed by atoms with E-state index in [1.807, 2.05) is 0 Å². The van der Waals surface area contributed by atoms with Crippen LogP contribution in [0.3, 0.4) is 0 Å². The van der Waals surface area contributed by atoms with Crippen molar-refractivity contribution in [1.29, 1.82) is 0 Å². The van der Waals surface area contributed by atoms with Gasteiger partial charge in [-0.1, -0.05) is 13.8 Å². The Morgan fingerprint density at radius 3 is 2.41 bits per heavy atom. The predicted octanol–water partition coefficient (Wildman–Crippen LogP) is 2.25. The summed E-state index contributed by atoms with van der Waals surface area (Å²) >= 11 is 0. The van der Waals surface area contributed by atoms with Crippen LogP contribution >= 0.6 is 0 Å². The number of methoxy groups -OCH3 is 1. The van der Waals surface area contributed by atoms with Crippen molar-refractivity contribution in [2.75, 3.05) is 33.4 Å². The molecule has 0 spiro atoms. The third-order valence-electron chi connectivity index (χ3n) is 4.99. The Labute approximate surface area is 107 Å². The molecule has 0 saturated carbocycles. The number of ether oxygens (including phenoxy) is 1. The molecule has 0 aromatic rings. The minimum absolute atomic E-state index is 0.113. The summed E-state index contributed by atoms with van der Waals surface area (Å²) < 4.78 is 5.22. The van der Waals surface area contributed by atoms with Gasteiger partial charge in [0.05, 0.1) is 0 Å². The number of hydrogen-bond donors (Lipinski definition) is 1. The van der Waals surface area contributed by atoms with Crippen LogP contribution in [-0.4, -0.2) is 43.8 Å². The van der Waals surface area contributed by atoms with Crippen LogP contribution in [0.4, 0.5) is 0 Å². The van der Waals surface area contributed by atoms with E-state index in [9.17, 15) is 0 Å². The summed E-state index contributed by atoms with van der Waals surface area (Å²) in [7, 11) is 1.77. The summed E-state index contributed by atoms with van der Waals surface area (Å²) in [4.78, 5) is 2.60. The van der Waals surface area contributed by atoms with Gasteiger partial charge in [0.15, 0.2) is 0 Å². The lowest BCUT2D eigenvalue weighted by molar-refractivity contribution is 0.0757. The van der Waals surface area contributed by atoms with E-state index in [2.05, 4.69) is 25.7 Å². The summed E-state index contributed by atoms with van der Waals surface area (Å²) in [5, 5.41) is 0. The van der Waals surface area contributed by atoms with Crippen LogP contribution in [0.1, 0.15) is 46.5 Å². The van der Waals surface area contributed by atoms with Crippen molar-refractivity contribution in [3.05, 3.63) is 0 Å². The number of nitrogens with zero attached hydrogens (tertiary/aromatic N) is 1. The molecule has 0 aliphatic carbocycles. The van der Waals surface area contributed by atoms with E-state index < -0.39 is 0 Å². The third kappa shape index (κ3) is 3.21. The molecule has 1 aliphatic rings. The maximum Gasteiger partial charge on any atom is 0.0480 e. The normalized spacial score (nSPS) is 23.8. The van der Waals surface area contributed by atoms with Crippen molar-refractivity contribution in [1.82, 2.24) is 4.90 Å². The highest BCUT2D eigenvalue weighted by Gasteiger charge is 2.41. The van der Waals surface area contributed by atoms with Crippen LogP contribution in [0.5, 0.6) is 0 Å². The zero-order valence-electron chi connectivity index (χ0n) is 12.1. The lowest BCUT2D eigenvalue weighted by atomic mass is 9.81. The smallest absolute Gasteiger partial charge is 0.0480 e. The fraction of sp³-hybridized carbons (Fsp3) is 1.00. The van der Waals surface area contributed by atoms with Crippen molar-refractivity contribution in [2.24, 2.45) is 11.1 Å². The second-order valence-electron chi connectivity index (χ2n) is 5.82. The highest BCUT2D eigenvalue weighted by atomic mass is 16.5. The van der Waals surface area contributed by atoms with Crippen molar-refractivity contribution in [3.8, 4) is 0 Å². The van der Waals surface area contributed by atoms with Crippen molar-refractivity contribution in [3.63, 3.8) is 0 Å². The topological polar surface area (TPSA) is 38.5 Å². The number of nitrogens with two attached hydrogens (primary N) is 1.